The van der Waals surface area contributed by atoms with Gasteiger partial charge in [0.25, 0.3) is 0 Å². The van der Waals surface area contributed by atoms with E-state index in [0.29, 0.717) is 11.4 Å². The first kappa shape index (κ1) is 15.3. The molecule has 0 saturated heterocycles. The number of benzene rings is 1. The van der Waals surface area contributed by atoms with E-state index in [0.717, 1.165) is 12.8 Å². The number of rotatable bonds is 5. The Morgan fingerprint density at radius 3 is 2.32 bits per heavy atom. The Morgan fingerprint density at radius 2 is 1.79 bits per heavy atom. The summed E-state index contributed by atoms with van der Waals surface area (Å²) < 4.78 is 24.5. The molecule has 0 aliphatic heterocycles. The van der Waals surface area contributed by atoms with E-state index in [-0.39, 0.29) is 9.80 Å². The van der Waals surface area contributed by atoms with E-state index in [2.05, 4.69) is 0 Å². The molecule has 1 rings (SSSR count). The molecule has 1 aromatic carbocycles. The third-order valence-electron chi connectivity index (χ3n) is 2.69. The zero-order valence-electron chi connectivity index (χ0n) is 11.3. The highest BCUT2D eigenvalue weighted by molar-refractivity contribution is 7.95. The third-order valence-corrected chi connectivity index (χ3v) is 4.56. The summed E-state index contributed by atoms with van der Waals surface area (Å²) in [5.74, 6) is 0. The molecule has 104 valence electrons. The van der Waals surface area contributed by atoms with Gasteiger partial charge >= 0.3 is 0 Å². The van der Waals surface area contributed by atoms with Gasteiger partial charge in [0, 0.05) is 16.3 Å². The molecular formula is C14H20N2O2S. The minimum atomic E-state index is -3.46. The van der Waals surface area contributed by atoms with Crippen LogP contribution in [-0.2, 0) is 9.84 Å². The summed E-state index contributed by atoms with van der Waals surface area (Å²) >= 11 is 0. The number of anilines is 1. The zero-order chi connectivity index (χ0) is 14.5. The van der Waals surface area contributed by atoms with Crippen molar-refractivity contribution in [1.29, 1.82) is 0 Å². The number of nitrogens with two attached hydrogens (primary N) is 2. The molecule has 0 amide bonds. The Balaban J connectivity index is 3.03. The minimum Gasteiger partial charge on any atom is -0.402 e. The molecule has 0 fully saturated rings. The summed E-state index contributed by atoms with van der Waals surface area (Å²) in [6.07, 6.45) is 4.87. The minimum absolute atomic E-state index is 0.234. The van der Waals surface area contributed by atoms with Crippen LogP contribution in [-0.4, -0.2) is 8.42 Å². The molecule has 0 radical (unpaired) electrons. The molecule has 0 unspecified atom stereocenters. The largest absolute Gasteiger partial charge is 0.402 e. The quantitative estimate of drug-likeness (QED) is 0.641. The molecule has 0 aromatic heterocycles. The van der Waals surface area contributed by atoms with Crippen molar-refractivity contribution in [2.45, 2.75) is 31.6 Å². The fourth-order valence-electron chi connectivity index (χ4n) is 1.52. The van der Waals surface area contributed by atoms with E-state index < -0.39 is 9.84 Å². The molecule has 4 N–H and O–H groups in total. The number of hydrogen-bond acceptors (Lipinski definition) is 4. The fourth-order valence-corrected chi connectivity index (χ4v) is 2.63. The van der Waals surface area contributed by atoms with E-state index in [1.54, 1.807) is 25.1 Å². The van der Waals surface area contributed by atoms with Crippen molar-refractivity contribution in [1.82, 2.24) is 0 Å². The van der Waals surface area contributed by atoms with Crippen molar-refractivity contribution in [3.05, 3.63) is 47.0 Å². The lowest BCUT2D eigenvalue weighted by atomic mass is 10.2. The lowest BCUT2D eigenvalue weighted by Crippen LogP contribution is -2.03. The summed E-state index contributed by atoms with van der Waals surface area (Å²) in [6, 6.07) is 6.14. The van der Waals surface area contributed by atoms with Gasteiger partial charge in [0.05, 0.1) is 4.90 Å². The van der Waals surface area contributed by atoms with Crippen LogP contribution in [0.3, 0.4) is 0 Å². The van der Waals surface area contributed by atoms with Gasteiger partial charge < -0.3 is 11.5 Å². The summed E-state index contributed by atoms with van der Waals surface area (Å²) in [7, 11) is -3.46. The second kappa shape index (κ2) is 6.43. The first-order valence-electron chi connectivity index (χ1n) is 6.11. The van der Waals surface area contributed by atoms with Crippen LogP contribution >= 0.6 is 0 Å². The number of hydrogen-bond donors (Lipinski definition) is 2. The first-order valence-corrected chi connectivity index (χ1v) is 7.59. The zero-order valence-corrected chi connectivity index (χ0v) is 12.1. The SMILES string of the molecule is CCC/C(N)=C\C=C(/C)S(=O)(=O)c1ccc(N)cc1. The highest BCUT2D eigenvalue weighted by Gasteiger charge is 2.15. The maximum Gasteiger partial charge on any atom is 0.202 e. The van der Waals surface area contributed by atoms with Crippen LogP contribution in [0.1, 0.15) is 26.7 Å². The number of allylic oxidation sites excluding steroid dienone is 4. The van der Waals surface area contributed by atoms with Crippen LogP contribution in [0.2, 0.25) is 0 Å². The molecule has 19 heavy (non-hydrogen) atoms. The Bertz CT molecular complexity index is 584. The highest BCUT2D eigenvalue weighted by atomic mass is 32.2. The van der Waals surface area contributed by atoms with Crippen LogP contribution in [0.15, 0.2) is 51.9 Å². The lowest BCUT2D eigenvalue weighted by Gasteiger charge is -2.04. The Kier molecular flexibility index (Phi) is 5.18. The van der Waals surface area contributed by atoms with Crippen LogP contribution in [0.25, 0.3) is 0 Å². The predicted molar refractivity (Wildman–Crippen MR) is 79.0 cm³/mol. The molecule has 1 aromatic rings. The smallest absolute Gasteiger partial charge is 0.202 e. The standard InChI is InChI=1S/C14H20N2O2S/c1-3-4-12(15)6-5-11(2)19(17,18)14-9-7-13(16)8-10-14/h5-10H,3-4,15-16H2,1-2H3/b11-5+,12-6+. The molecule has 0 bridgehead atoms. The summed E-state index contributed by atoms with van der Waals surface area (Å²) in [5.41, 5.74) is 12.5. The highest BCUT2D eigenvalue weighted by Crippen LogP contribution is 2.20. The van der Waals surface area contributed by atoms with Gasteiger partial charge in [-0.3, -0.25) is 0 Å². The Labute approximate surface area is 114 Å². The molecule has 5 heteroatoms. The summed E-state index contributed by atoms with van der Waals surface area (Å²) in [4.78, 5) is 0.495. The normalized spacial score (nSPS) is 13.6. The van der Waals surface area contributed by atoms with Gasteiger partial charge in [-0.25, -0.2) is 8.42 Å². The maximum atomic E-state index is 12.2. The third kappa shape index (κ3) is 4.13. The van der Waals surface area contributed by atoms with Gasteiger partial charge in [-0.1, -0.05) is 13.3 Å². The first-order chi connectivity index (χ1) is 8.87. The second-order valence-electron chi connectivity index (χ2n) is 4.34. The van der Waals surface area contributed by atoms with Crippen LogP contribution in [0.5, 0.6) is 0 Å². The molecule has 0 heterocycles. The Hall–Kier alpha value is -1.75. The molecule has 4 nitrogen and oxygen atoms in total. The van der Waals surface area contributed by atoms with E-state index >= 15 is 0 Å². The molecule has 0 aliphatic rings. The van der Waals surface area contributed by atoms with Crippen molar-refractivity contribution in [2.75, 3.05) is 5.73 Å². The fraction of sp³-hybridized carbons (Fsp3) is 0.286. The predicted octanol–water partition coefficient (Wildman–Crippen LogP) is 2.59. The van der Waals surface area contributed by atoms with Gasteiger partial charge in [0.2, 0.25) is 9.84 Å². The van der Waals surface area contributed by atoms with E-state index in [1.165, 1.54) is 18.2 Å². The van der Waals surface area contributed by atoms with E-state index in [4.69, 9.17) is 11.5 Å². The molecule has 0 atom stereocenters. The van der Waals surface area contributed by atoms with Crippen LogP contribution in [0.4, 0.5) is 5.69 Å². The number of nitrogen functional groups attached to an aromatic ring is 1. The summed E-state index contributed by atoms with van der Waals surface area (Å²) in [5, 5.41) is 0. The lowest BCUT2D eigenvalue weighted by molar-refractivity contribution is 0.602. The van der Waals surface area contributed by atoms with Crippen molar-refractivity contribution in [3.8, 4) is 0 Å². The van der Waals surface area contributed by atoms with Crippen LogP contribution in [0, 0.1) is 0 Å². The van der Waals surface area contributed by atoms with Crippen molar-refractivity contribution >= 4 is 15.5 Å². The summed E-state index contributed by atoms with van der Waals surface area (Å²) in [6.45, 7) is 3.57. The van der Waals surface area contributed by atoms with Gasteiger partial charge in [0.1, 0.15) is 0 Å². The molecular weight excluding hydrogens is 260 g/mol. The monoisotopic (exact) mass is 280 g/mol. The molecule has 0 saturated carbocycles. The van der Waals surface area contributed by atoms with Crippen molar-refractivity contribution in [2.24, 2.45) is 5.73 Å². The molecule has 0 spiro atoms. The van der Waals surface area contributed by atoms with Gasteiger partial charge in [-0.2, -0.15) is 0 Å². The van der Waals surface area contributed by atoms with Crippen molar-refractivity contribution < 1.29 is 8.42 Å². The maximum absolute atomic E-state index is 12.2. The average Bonchev–Trinajstić information content (AvgIpc) is 2.36. The Morgan fingerprint density at radius 1 is 1.21 bits per heavy atom. The average molecular weight is 280 g/mol. The van der Waals surface area contributed by atoms with Gasteiger partial charge in [0.15, 0.2) is 0 Å². The van der Waals surface area contributed by atoms with Gasteiger partial charge in [-0.15, -0.1) is 0 Å². The van der Waals surface area contributed by atoms with E-state index in [9.17, 15) is 8.42 Å². The van der Waals surface area contributed by atoms with Gasteiger partial charge in [-0.05, 0) is 49.8 Å². The second-order valence-corrected chi connectivity index (χ2v) is 6.46. The molecule has 0 aliphatic carbocycles. The topological polar surface area (TPSA) is 86.2 Å². The van der Waals surface area contributed by atoms with E-state index in [1.807, 2.05) is 6.92 Å². The number of sulfone groups is 1. The van der Waals surface area contributed by atoms with Crippen molar-refractivity contribution in [3.63, 3.8) is 0 Å². The van der Waals surface area contributed by atoms with Crippen LogP contribution < -0.4 is 11.5 Å².